The Kier molecular flexibility index (Phi) is 7.58. The Labute approximate surface area is 142 Å². The number of nitrogens with one attached hydrogen (secondary N) is 1. The van der Waals surface area contributed by atoms with Gasteiger partial charge in [-0.1, -0.05) is 30.3 Å². The maximum atomic E-state index is 12.0. The van der Waals surface area contributed by atoms with E-state index in [1.54, 1.807) is 39.5 Å². The molecule has 0 unspecified atom stereocenters. The van der Waals surface area contributed by atoms with E-state index < -0.39 is 23.7 Å². The molecule has 0 heterocycles. The Morgan fingerprint density at radius 3 is 2.43 bits per heavy atom. The van der Waals surface area contributed by atoms with Crippen LogP contribution in [0, 0.1) is 0 Å². The Morgan fingerprint density at radius 1 is 1.26 bits per heavy atom. The summed E-state index contributed by atoms with van der Waals surface area (Å²) in [5.74, 6) is 0.476. The standard InChI is InChI=1S/C17H26N2O3S/c1-12(16(21)22-17(2,3)4)19-15(20)14(18)11-23-10-13-8-6-5-7-9-13/h5-9,12,14H,10-11,18H2,1-4H3,(H,19,20)/t12-,14-/m0/s1. The molecule has 0 aromatic heterocycles. The van der Waals surface area contributed by atoms with Crippen molar-refractivity contribution < 1.29 is 14.3 Å². The number of amides is 1. The highest BCUT2D eigenvalue weighted by Gasteiger charge is 2.24. The molecule has 5 nitrogen and oxygen atoms in total. The van der Waals surface area contributed by atoms with Gasteiger partial charge in [-0.3, -0.25) is 4.79 Å². The van der Waals surface area contributed by atoms with Crippen LogP contribution in [0.3, 0.4) is 0 Å². The van der Waals surface area contributed by atoms with Crippen molar-refractivity contribution in [2.75, 3.05) is 5.75 Å². The molecule has 1 amide bonds. The lowest BCUT2D eigenvalue weighted by atomic mass is 10.2. The van der Waals surface area contributed by atoms with Crippen molar-refractivity contribution in [3.63, 3.8) is 0 Å². The quantitative estimate of drug-likeness (QED) is 0.744. The van der Waals surface area contributed by atoms with Crippen LogP contribution in [-0.2, 0) is 20.1 Å². The average Bonchev–Trinajstić information content (AvgIpc) is 2.46. The van der Waals surface area contributed by atoms with Crippen molar-refractivity contribution in [2.45, 2.75) is 51.1 Å². The Bertz CT molecular complexity index is 514. The molecule has 0 radical (unpaired) electrons. The second-order valence-electron chi connectivity index (χ2n) is 6.37. The van der Waals surface area contributed by atoms with Crippen LogP contribution in [0.1, 0.15) is 33.3 Å². The summed E-state index contributed by atoms with van der Waals surface area (Å²) in [6.45, 7) is 6.94. The van der Waals surface area contributed by atoms with E-state index in [0.717, 1.165) is 5.75 Å². The molecule has 23 heavy (non-hydrogen) atoms. The minimum absolute atomic E-state index is 0.344. The van der Waals surface area contributed by atoms with Crippen molar-refractivity contribution in [1.82, 2.24) is 5.32 Å². The molecule has 0 aliphatic carbocycles. The first-order valence-electron chi connectivity index (χ1n) is 7.59. The summed E-state index contributed by atoms with van der Waals surface area (Å²) in [6.07, 6.45) is 0. The van der Waals surface area contributed by atoms with E-state index in [2.05, 4.69) is 5.32 Å². The molecule has 6 heteroatoms. The van der Waals surface area contributed by atoms with E-state index in [4.69, 9.17) is 10.5 Å². The first kappa shape index (κ1) is 19.5. The van der Waals surface area contributed by atoms with Gasteiger partial charge < -0.3 is 15.8 Å². The lowest BCUT2D eigenvalue weighted by Gasteiger charge is -2.23. The minimum Gasteiger partial charge on any atom is -0.458 e. The Balaban J connectivity index is 2.34. The molecule has 1 aromatic rings. The Morgan fingerprint density at radius 2 is 1.87 bits per heavy atom. The molecule has 0 spiro atoms. The molecular formula is C17H26N2O3S. The van der Waals surface area contributed by atoms with Crippen molar-refractivity contribution in [3.8, 4) is 0 Å². The SMILES string of the molecule is C[C@H](NC(=O)[C@@H](N)CSCc1ccccc1)C(=O)OC(C)(C)C. The van der Waals surface area contributed by atoms with Crippen LogP contribution in [0.4, 0.5) is 0 Å². The van der Waals surface area contributed by atoms with Gasteiger partial charge in [-0.15, -0.1) is 0 Å². The zero-order valence-electron chi connectivity index (χ0n) is 14.2. The molecule has 3 N–H and O–H groups in total. The van der Waals surface area contributed by atoms with Crippen LogP contribution in [-0.4, -0.2) is 35.3 Å². The number of rotatable bonds is 7. The molecule has 0 aliphatic rings. The monoisotopic (exact) mass is 338 g/mol. The van der Waals surface area contributed by atoms with Crippen LogP contribution >= 0.6 is 11.8 Å². The highest BCUT2D eigenvalue weighted by molar-refractivity contribution is 7.98. The molecule has 0 fully saturated rings. The first-order valence-corrected chi connectivity index (χ1v) is 8.75. The van der Waals surface area contributed by atoms with Crippen LogP contribution in [0.2, 0.25) is 0 Å². The van der Waals surface area contributed by atoms with E-state index >= 15 is 0 Å². The van der Waals surface area contributed by atoms with Gasteiger partial charge >= 0.3 is 5.97 Å². The van der Waals surface area contributed by atoms with Crippen LogP contribution in [0.5, 0.6) is 0 Å². The highest BCUT2D eigenvalue weighted by Crippen LogP contribution is 2.12. The van der Waals surface area contributed by atoms with Gasteiger partial charge in [0.25, 0.3) is 0 Å². The average molecular weight is 338 g/mol. The summed E-state index contributed by atoms with van der Waals surface area (Å²) in [4.78, 5) is 23.8. The van der Waals surface area contributed by atoms with Gasteiger partial charge in [-0.05, 0) is 33.3 Å². The number of carbonyl (C=O) groups excluding carboxylic acids is 2. The summed E-state index contributed by atoms with van der Waals surface area (Å²) in [7, 11) is 0. The topological polar surface area (TPSA) is 81.4 Å². The maximum absolute atomic E-state index is 12.0. The number of benzene rings is 1. The first-order chi connectivity index (χ1) is 10.7. The van der Waals surface area contributed by atoms with Gasteiger partial charge in [0.1, 0.15) is 11.6 Å². The van der Waals surface area contributed by atoms with Crippen molar-refractivity contribution in [3.05, 3.63) is 35.9 Å². The molecule has 1 rings (SSSR count). The van der Waals surface area contributed by atoms with Gasteiger partial charge in [0.05, 0.1) is 6.04 Å². The molecule has 0 bridgehead atoms. The van der Waals surface area contributed by atoms with Crippen LogP contribution in [0.25, 0.3) is 0 Å². The Hall–Kier alpha value is -1.53. The number of esters is 1. The predicted molar refractivity (Wildman–Crippen MR) is 94.0 cm³/mol. The van der Waals surface area contributed by atoms with Crippen molar-refractivity contribution >= 4 is 23.6 Å². The largest absolute Gasteiger partial charge is 0.458 e. The third-order valence-electron chi connectivity index (χ3n) is 2.86. The number of hydrogen-bond donors (Lipinski definition) is 2. The van der Waals surface area contributed by atoms with E-state index in [9.17, 15) is 9.59 Å². The summed E-state index contributed by atoms with van der Waals surface area (Å²) in [5.41, 5.74) is 6.48. The molecular weight excluding hydrogens is 312 g/mol. The lowest BCUT2D eigenvalue weighted by molar-refractivity contribution is -0.158. The van der Waals surface area contributed by atoms with Gasteiger partial charge in [0.15, 0.2) is 0 Å². The smallest absolute Gasteiger partial charge is 0.328 e. The van der Waals surface area contributed by atoms with Crippen LogP contribution in [0.15, 0.2) is 30.3 Å². The number of nitrogens with two attached hydrogens (primary N) is 1. The second kappa shape index (κ2) is 8.93. The van der Waals surface area contributed by atoms with Crippen molar-refractivity contribution in [1.29, 1.82) is 0 Å². The molecule has 1 aromatic carbocycles. The third-order valence-corrected chi connectivity index (χ3v) is 4.00. The zero-order valence-corrected chi connectivity index (χ0v) is 15.0. The van der Waals surface area contributed by atoms with Gasteiger partial charge in [0, 0.05) is 11.5 Å². The fourth-order valence-electron chi connectivity index (χ4n) is 1.72. The van der Waals surface area contributed by atoms with Gasteiger partial charge in [-0.2, -0.15) is 11.8 Å². The fourth-order valence-corrected chi connectivity index (χ4v) is 2.67. The van der Waals surface area contributed by atoms with Crippen molar-refractivity contribution in [2.24, 2.45) is 5.73 Å². The lowest BCUT2D eigenvalue weighted by Crippen LogP contribution is -2.49. The molecule has 0 saturated carbocycles. The third kappa shape index (κ3) is 8.04. The van der Waals surface area contributed by atoms with Gasteiger partial charge in [0.2, 0.25) is 5.91 Å². The van der Waals surface area contributed by atoms with E-state index in [1.807, 2.05) is 30.3 Å². The van der Waals surface area contributed by atoms with E-state index in [0.29, 0.717) is 5.75 Å². The summed E-state index contributed by atoms with van der Waals surface area (Å²) < 4.78 is 5.22. The minimum atomic E-state index is -0.716. The molecule has 2 atom stereocenters. The summed E-state index contributed by atoms with van der Waals surface area (Å²) in [5, 5.41) is 2.60. The number of thioether (sulfide) groups is 1. The van der Waals surface area contributed by atoms with Gasteiger partial charge in [-0.25, -0.2) is 4.79 Å². The van der Waals surface area contributed by atoms with Crippen LogP contribution < -0.4 is 11.1 Å². The zero-order chi connectivity index (χ0) is 17.5. The summed E-state index contributed by atoms with van der Waals surface area (Å²) in [6, 6.07) is 8.61. The van der Waals surface area contributed by atoms with E-state index in [1.165, 1.54) is 5.56 Å². The number of hydrogen-bond acceptors (Lipinski definition) is 5. The molecule has 0 aliphatic heterocycles. The normalized spacial score (nSPS) is 14.0. The van der Waals surface area contributed by atoms with E-state index in [-0.39, 0.29) is 5.91 Å². The summed E-state index contributed by atoms with van der Waals surface area (Å²) >= 11 is 1.59. The maximum Gasteiger partial charge on any atom is 0.328 e. The number of carbonyl (C=O) groups is 2. The highest BCUT2D eigenvalue weighted by atomic mass is 32.2. The number of ether oxygens (including phenoxy) is 1. The molecule has 128 valence electrons. The second-order valence-corrected chi connectivity index (χ2v) is 7.40. The predicted octanol–water partition coefficient (Wildman–Crippen LogP) is 2.09. The fraction of sp³-hybridized carbons (Fsp3) is 0.529. The molecule has 0 saturated heterocycles.